The molecule has 0 saturated heterocycles. The predicted molar refractivity (Wildman–Crippen MR) is 141 cm³/mol. The van der Waals surface area contributed by atoms with Gasteiger partial charge < -0.3 is 4.90 Å². The summed E-state index contributed by atoms with van der Waals surface area (Å²) in [6, 6.07) is 14.9. The molecule has 0 fully saturated rings. The average Bonchev–Trinajstić information content (AvgIpc) is 2.81. The molecule has 0 aliphatic heterocycles. The molecule has 0 amide bonds. The van der Waals surface area contributed by atoms with E-state index in [1.54, 1.807) is 12.1 Å². The zero-order valence-electron chi connectivity index (χ0n) is 20.6. The number of rotatable bonds is 16. The minimum absolute atomic E-state index is 0.231. The Hall–Kier alpha value is -2.34. The van der Waals surface area contributed by atoms with Crippen molar-refractivity contribution in [1.29, 1.82) is 0 Å². The van der Waals surface area contributed by atoms with Crippen LogP contribution in [0.5, 0.6) is 0 Å². The number of hydrazone groups is 1. The van der Waals surface area contributed by atoms with Crippen molar-refractivity contribution in [1.82, 2.24) is 4.83 Å². The molecule has 0 aliphatic rings. The maximum atomic E-state index is 12.5. The molecular formula is C27H41N3O2S. The van der Waals surface area contributed by atoms with Gasteiger partial charge in [-0.25, -0.2) is 4.83 Å². The Balaban J connectivity index is 1.70. The van der Waals surface area contributed by atoms with E-state index in [9.17, 15) is 8.42 Å². The third-order valence-corrected chi connectivity index (χ3v) is 7.09. The van der Waals surface area contributed by atoms with Gasteiger partial charge in [-0.05, 0) is 48.2 Å². The number of hydrogen-bond acceptors (Lipinski definition) is 4. The van der Waals surface area contributed by atoms with Crippen LogP contribution in [0, 0.1) is 0 Å². The van der Waals surface area contributed by atoms with Crippen molar-refractivity contribution in [3.8, 4) is 0 Å². The van der Waals surface area contributed by atoms with Crippen LogP contribution in [-0.2, 0) is 16.4 Å². The van der Waals surface area contributed by atoms with Crippen LogP contribution in [-0.4, -0.2) is 28.7 Å². The highest BCUT2D eigenvalue weighted by molar-refractivity contribution is 7.89. The van der Waals surface area contributed by atoms with Gasteiger partial charge in [-0.15, -0.1) is 0 Å². The van der Waals surface area contributed by atoms with Crippen LogP contribution in [0.1, 0.15) is 82.3 Å². The first-order valence-corrected chi connectivity index (χ1v) is 13.8. The van der Waals surface area contributed by atoms with Gasteiger partial charge in [-0.1, -0.05) is 89.0 Å². The van der Waals surface area contributed by atoms with Gasteiger partial charge in [0.05, 0.1) is 11.1 Å². The Bertz CT molecular complexity index is 921. The summed E-state index contributed by atoms with van der Waals surface area (Å²) in [5, 5.41) is 3.92. The first kappa shape index (κ1) is 26.9. The molecular weight excluding hydrogens is 430 g/mol. The van der Waals surface area contributed by atoms with Crippen molar-refractivity contribution in [3.05, 3.63) is 59.7 Å². The molecule has 2 rings (SSSR count). The summed E-state index contributed by atoms with van der Waals surface area (Å²) >= 11 is 0. The van der Waals surface area contributed by atoms with Crippen LogP contribution in [0.25, 0.3) is 0 Å². The smallest absolute Gasteiger partial charge is 0.276 e. The lowest BCUT2D eigenvalue weighted by molar-refractivity contribution is 0.556. The molecule has 0 radical (unpaired) electrons. The van der Waals surface area contributed by atoms with Gasteiger partial charge in [0, 0.05) is 19.8 Å². The normalized spacial score (nSPS) is 11.7. The second-order valence-corrected chi connectivity index (χ2v) is 10.6. The van der Waals surface area contributed by atoms with E-state index in [0.717, 1.165) is 24.1 Å². The van der Waals surface area contributed by atoms with E-state index < -0.39 is 10.0 Å². The largest absolute Gasteiger partial charge is 0.378 e. The van der Waals surface area contributed by atoms with Gasteiger partial charge >= 0.3 is 0 Å². The van der Waals surface area contributed by atoms with Crippen LogP contribution < -0.4 is 9.73 Å². The van der Waals surface area contributed by atoms with E-state index in [-0.39, 0.29) is 4.90 Å². The molecule has 0 saturated carbocycles. The summed E-state index contributed by atoms with van der Waals surface area (Å²) in [4.78, 5) is 4.53. The van der Waals surface area contributed by atoms with Crippen LogP contribution in [0.2, 0.25) is 0 Å². The van der Waals surface area contributed by atoms with Gasteiger partial charge in [0.2, 0.25) is 0 Å². The van der Waals surface area contributed by atoms with Crippen LogP contribution in [0.15, 0.2) is 58.5 Å². The fourth-order valence-electron chi connectivity index (χ4n) is 3.73. The Morgan fingerprint density at radius 2 is 1.33 bits per heavy atom. The minimum Gasteiger partial charge on any atom is -0.378 e. The molecule has 2 aromatic carbocycles. The van der Waals surface area contributed by atoms with Gasteiger partial charge in [-0.3, -0.25) is 0 Å². The Morgan fingerprint density at radius 3 is 1.88 bits per heavy atom. The van der Waals surface area contributed by atoms with Gasteiger partial charge in [0.25, 0.3) is 10.0 Å². The molecule has 0 spiro atoms. The molecule has 2 aromatic rings. The SMILES string of the molecule is CCCCCCCCCCCCc1ccc(S(=O)(=O)N/N=C\c2ccc(N(C)C)cc2)cc1. The Labute approximate surface area is 201 Å². The maximum absolute atomic E-state index is 12.5. The minimum atomic E-state index is -3.67. The van der Waals surface area contributed by atoms with E-state index in [0.29, 0.717) is 0 Å². The number of aryl methyl sites for hydroxylation is 1. The summed E-state index contributed by atoms with van der Waals surface area (Å²) in [5.74, 6) is 0. The van der Waals surface area contributed by atoms with Crippen LogP contribution in [0.4, 0.5) is 5.69 Å². The number of unbranched alkanes of at least 4 members (excludes halogenated alkanes) is 9. The highest BCUT2D eigenvalue weighted by Gasteiger charge is 2.12. The standard InChI is InChI=1S/C27H41N3O2S/c1-4-5-6-7-8-9-10-11-12-13-14-24-17-21-27(22-18-24)33(31,32)29-28-23-25-15-19-26(20-16-25)30(2)3/h15-23,29H,4-14H2,1-3H3/b28-23-. The zero-order valence-corrected chi connectivity index (χ0v) is 21.4. The lowest BCUT2D eigenvalue weighted by Gasteiger charge is -2.11. The molecule has 6 heteroatoms. The van der Waals surface area contributed by atoms with E-state index in [1.807, 2.05) is 55.4 Å². The lowest BCUT2D eigenvalue weighted by atomic mass is 10.0. The fraction of sp³-hybridized carbons (Fsp3) is 0.519. The van der Waals surface area contributed by atoms with E-state index in [1.165, 1.54) is 69.6 Å². The summed E-state index contributed by atoms with van der Waals surface area (Å²) in [6.07, 6.45) is 15.7. The van der Waals surface area contributed by atoms with Crippen molar-refractivity contribution in [2.24, 2.45) is 5.10 Å². The average molecular weight is 472 g/mol. The molecule has 182 valence electrons. The number of benzene rings is 2. The van der Waals surface area contributed by atoms with Crippen LogP contribution >= 0.6 is 0 Å². The number of hydrogen-bond donors (Lipinski definition) is 1. The third-order valence-electron chi connectivity index (χ3n) is 5.85. The Morgan fingerprint density at radius 1 is 0.788 bits per heavy atom. The first-order valence-electron chi connectivity index (χ1n) is 12.3. The molecule has 0 atom stereocenters. The third kappa shape index (κ3) is 10.4. The number of anilines is 1. The Kier molecular flexibility index (Phi) is 12.0. The van der Waals surface area contributed by atoms with Gasteiger partial charge in [0.1, 0.15) is 0 Å². The lowest BCUT2D eigenvalue weighted by Crippen LogP contribution is -2.18. The van der Waals surface area contributed by atoms with E-state index >= 15 is 0 Å². The van der Waals surface area contributed by atoms with E-state index in [4.69, 9.17) is 0 Å². The molecule has 5 nitrogen and oxygen atoms in total. The van der Waals surface area contributed by atoms with E-state index in [2.05, 4.69) is 16.9 Å². The first-order chi connectivity index (χ1) is 15.9. The fourth-order valence-corrected chi connectivity index (χ4v) is 4.52. The second-order valence-electron chi connectivity index (χ2n) is 8.91. The second kappa shape index (κ2) is 14.7. The van der Waals surface area contributed by atoms with Crippen molar-refractivity contribution in [3.63, 3.8) is 0 Å². The molecule has 33 heavy (non-hydrogen) atoms. The number of nitrogens with one attached hydrogen (secondary N) is 1. The monoisotopic (exact) mass is 471 g/mol. The van der Waals surface area contributed by atoms with Crippen LogP contribution in [0.3, 0.4) is 0 Å². The topological polar surface area (TPSA) is 61.8 Å². The van der Waals surface area contributed by atoms with Crippen molar-refractivity contribution in [2.45, 2.75) is 82.4 Å². The molecule has 0 bridgehead atoms. The molecule has 0 aliphatic carbocycles. The summed E-state index contributed by atoms with van der Waals surface area (Å²) in [5.41, 5.74) is 3.08. The summed E-state index contributed by atoms with van der Waals surface area (Å²) in [6.45, 7) is 2.26. The van der Waals surface area contributed by atoms with Gasteiger partial charge in [0.15, 0.2) is 0 Å². The van der Waals surface area contributed by atoms with Crippen molar-refractivity contribution >= 4 is 21.9 Å². The number of nitrogens with zero attached hydrogens (tertiary/aromatic N) is 2. The zero-order chi connectivity index (χ0) is 23.9. The molecule has 0 unspecified atom stereocenters. The highest BCUT2D eigenvalue weighted by Crippen LogP contribution is 2.15. The summed E-state index contributed by atoms with van der Waals surface area (Å²) < 4.78 is 25.0. The van der Waals surface area contributed by atoms with Crippen molar-refractivity contribution < 1.29 is 8.42 Å². The predicted octanol–water partition coefficient (Wildman–Crippen LogP) is 6.53. The maximum Gasteiger partial charge on any atom is 0.276 e. The van der Waals surface area contributed by atoms with Crippen molar-refractivity contribution in [2.75, 3.05) is 19.0 Å². The summed E-state index contributed by atoms with van der Waals surface area (Å²) in [7, 11) is 0.275. The number of sulfonamides is 1. The highest BCUT2D eigenvalue weighted by atomic mass is 32.2. The molecule has 0 heterocycles. The molecule has 0 aromatic heterocycles. The quantitative estimate of drug-likeness (QED) is 0.172. The molecule has 1 N–H and O–H groups in total. The van der Waals surface area contributed by atoms with Gasteiger partial charge in [-0.2, -0.15) is 13.5 Å².